The normalized spacial score (nSPS) is 34.1. The number of carbonyl (C=O) groups is 1. The van der Waals surface area contributed by atoms with Gasteiger partial charge >= 0.3 is 5.97 Å². The molecular weight excluding hydrogens is 283 g/mol. The third kappa shape index (κ3) is 3.04. The van der Waals surface area contributed by atoms with E-state index in [4.69, 9.17) is 18.9 Å². The van der Waals surface area contributed by atoms with E-state index in [0.29, 0.717) is 6.61 Å². The molecule has 2 bridgehead atoms. The molecule has 4 atom stereocenters. The minimum Gasteiger partial charge on any atom is -0.461 e. The van der Waals surface area contributed by atoms with Crippen LogP contribution < -0.4 is 0 Å². The van der Waals surface area contributed by atoms with Crippen molar-refractivity contribution in [3.63, 3.8) is 0 Å². The predicted molar refractivity (Wildman–Crippen MR) is 81.9 cm³/mol. The summed E-state index contributed by atoms with van der Waals surface area (Å²) >= 11 is 0. The summed E-state index contributed by atoms with van der Waals surface area (Å²) in [6.45, 7) is 2.94. The summed E-state index contributed by atoms with van der Waals surface area (Å²) in [6, 6.07) is 9.60. The Morgan fingerprint density at radius 1 is 1.41 bits per heavy atom. The summed E-state index contributed by atoms with van der Waals surface area (Å²) in [5.74, 6) is -0.177. The van der Waals surface area contributed by atoms with Gasteiger partial charge in [-0.25, -0.2) is 0 Å². The lowest BCUT2D eigenvalue weighted by atomic mass is 9.81. The van der Waals surface area contributed by atoms with Crippen LogP contribution in [0.25, 0.3) is 0 Å². The minimum absolute atomic E-state index is 0.0376. The number of benzene rings is 1. The molecule has 6 heteroatoms. The van der Waals surface area contributed by atoms with Gasteiger partial charge in [-0.05, 0) is 5.56 Å². The second-order valence-corrected chi connectivity index (χ2v) is 6.10. The van der Waals surface area contributed by atoms with Gasteiger partial charge in [-0.3, -0.25) is 4.79 Å². The lowest BCUT2D eigenvalue weighted by Crippen LogP contribution is -2.42. The van der Waals surface area contributed by atoms with E-state index in [1.807, 2.05) is 45.1 Å². The van der Waals surface area contributed by atoms with Gasteiger partial charge < -0.3 is 18.9 Å². The first kappa shape index (κ1) is 15.5. The smallest absolute Gasteiger partial charge is 0.309 e. The van der Waals surface area contributed by atoms with Gasteiger partial charge in [-0.2, -0.15) is 0 Å². The van der Waals surface area contributed by atoms with E-state index in [1.54, 1.807) is 0 Å². The van der Waals surface area contributed by atoms with E-state index in [-0.39, 0.29) is 43.8 Å². The largest absolute Gasteiger partial charge is 0.461 e. The molecule has 2 aliphatic heterocycles. The van der Waals surface area contributed by atoms with E-state index < -0.39 is 5.60 Å². The highest BCUT2D eigenvalue weighted by Gasteiger charge is 2.54. The Hall–Kier alpha value is -1.37. The molecule has 22 heavy (non-hydrogen) atoms. The molecule has 0 radical (unpaired) electrons. The SMILES string of the molecule is B[C@@H]1O[C@@]2(CC(=O)OCc3ccccc3)COCO[C@H]1C2C. The van der Waals surface area contributed by atoms with Crippen molar-refractivity contribution < 1.29 is 23.7 Å². The van der Waals surface area contributed by atoms with E-state index >= 15 is 0 Å². The molecule has 0 aromatic heterocycles. The van der Waals surface area contributed by atoms with Crippen LogP contribution in [0.5, 0.6) is 0 Å². The Morgan fingerprint density at radius 2 is 2.18 bits per heavy atom. The molecule has 2 saturated heterocycles. The number of hydrogen-bond acceptors (Lipinski definition) is 5. The minimum atomic E-state index is -0.644. The fraction of sp³-hybridized carbons (Fsp3) is 0.562. The second-order valence-electron chi connectivity index (χ2n) is 6.10. The quantitative estimate of drug-likeness (QED) is 0.610. The van der Waals surface area contributed by atoms with Crippen molar-refractivity contribution in [3.8, 4) is 0 Å². The van der Waals surface area contributed by atoms with Crippen LogP contribution in [0.15, 0.2) is 30.3 Å². The monoisotopic (exact) mass is 304 g/mol. The van der Waals surface area contributed by atoms with E-state index in [2.05, 4.69) is 0 Å². The van der Waals surface area contributed by atoms with Gasteiger partial charge in [-0.15, -0.1) is 0 Å². The number of fused-ring (bicyclic) bond motifs is 2. The topological polar surface area (TPSA) is 54.0 Å². The van der Waals surface area contributed by atoms with Crippen LogP contribution in [-0.4, -0.2) is 44.9 Å². The zero-order valence-electron chi connectivity index (χ0n) is 13.0. The number of hydrogen-bond donors (Lipinski definition) is 0. The van der Waals surface area contributed by atoms with Gasteiger partial charge in [-0.1, -0.05) is 37.3 Å². The Balaban J connectivity index is 1.62. The highest BCUT2D eigenvalue weighted by molar-refractivity contribution is 6.11. The standard InChI is InChI=1S/C16H21BO5/c1-11-14-15(17)22-16(11,9-19-10-21-14)7-13(18)20-8-12-5-3-2-4-6-12/h2-6,11,14-15H,7-10,17H2,1H3/t11?,14-,15+,16-/m0/s1. The molecular formula is C16H21BO5. The summed E-state index contributed by atoms with van der Waals surface area (Å²) in [6.07, 6.45) is 0.148. The van der Waals surface area contributed by atoms with Gasteiger partial charge in [0.15, 0.2) is 0 Å². The van der Waals surface area contributed by atoms with Gasteiger partial charge in [0, 0.05) is 5.92 Å². The van der Waals surface area contributed by atoms with Crippen LogP contribution >= 0.6 is 0 Å². The number of ether oxygens (including phenoxy) is 4. The molecule has 0 spiro atoms. The van der Waals surface area contributed by atoms with Crippen LogP contribution in [0.4, 0.5) is 0 Å². The highest BCUT2D eigenvalue weighted by Crippen LogP contribution is 2.41. The molecule has 3 rings (SSSR count). The zero-order valence-corrected chi connectivity index (χ0v) is 13.0. The second kappa shape index (κ2) is 6.40. The van der Waals surface area contributed by atoms with Crippen LogP contribution in [0.2, 0.25) is 0 Å². The summed E-state index contributed by atoms with van der Waals surface area (Å²) in [5.41, 5.74) is 0.328. The molecule has 1 aromatic rings. The fourth-order valence-corrected chi connectivity index (χ4v) is 3.32. The molecule has 0 saturated carbocycles. The van der Waals surface area contributed by atoms with Crippen LogP contribution in [0.1, 0.15) is 18.9 Å². The third-order valence-corrected chi connectivity index (χ3v) is 4.58. The van der Waals surface area contributed by atoms with Gasteiger partial charge in [0.1, 0.15) is 26.8 Å². The first-order valence-corrected chi connectivity index (χ1v) is 7.67. The molecule has 0 N–H and O–H groups in total. The van der Waals surface area contributed by atoms with E-state index in [0.717, 1.165) is 5.56 Å². The van der Waals surface area contributed by atoms with Crippen molar-refractivity contribution in [2.24, 2.45) is 5.92 Å². The predicted octanol–water partition coefficient (Wildman–Crippen LogP) is 0.857. The lowest BCUT2D eigenvalue weighted by molar-refractivity contribution is -0.168. The van der Waals surface area contributed by atoms with Crippen LogP contribution in [-0.2, 0) is 30.3 Å². The summed E-state index contributed by atoms with van der Waals surface area (Å²) < 4.78 is 22.5. The maximum absolute atomic E-state index is 12.2. The Morgan fingerprint density at radius 3 is 2.95 bits per heavy atom. The zero-order chi connectivity index (χ0) is 15.6. The van der Waals surface area contributed by atoms with Crippen molar-refractivity contribution in [2.75, 3.05) is 13.4 Å². The molecule has 2 fully saturated rings. The molecule has 1 aromatic carbocycles. The number of carbonyl (C=O) groups excluding carboxylic acids is 1. The first-order valence-electron chi connectivity index (χ1n) is 7.67. The maximum atomic E-state index is 12.2. The van der Waals surface area contributed by atoms with Crippen molar-refractivity contribution in [2.45, 2.75) is 37.7 Å². The Labute approximate surface area is 131 Å². The van der Waals surface area contributed by atoms with Gasteiger partial charge in [0.05, 0.1) is 25.1 Å². The van der Waals surface area contributed by atoms with Gasteiger partial charge in [0.25, 0.3) is 0 Å². The molecule has 1 unspecified atom stereocenters. The van der Waals surface area contributed by atoms with Crippen LogP contribution in [0.3, 0.4) is 0 Å². The molecule has 2 aliphatic rings. The molecule has 5 nitrogen and oxygen atoms in total. The Bertz CT molecular complexity index is 523. The van der Waals surface area contributed by atoms with E-state index in [1.165, 1.54) is 0 Å². The molecule has 0 amide bonds. The highest BCUT2D eigenvalue weighted by atomic mass is 16.7. The van der Waals surface area contributed by atoms with Crippen molar-refractivity contribution >= 4 is 13.8 Å². The number of esters is 1. The van der Waals surface area contributed by atoms with Crippen molar-refractivity contribution in [1.82, 2.24) is 0 Å². The summed E-state index contributed by atoms with van der Waals surface area (Å²) in [4.78, 5) is 12.2. The van der Waals surface area contributed by atoms with Gasteiger partial charge in [0.2, 0.25) is 0 Å². The van der Waals surface area contributed by atoms with Crippen molar-refractivity contribution in [3.05, 3.63) is 35.9 Å². The van der Waals surface area contributed by atoms with Crippen LogP contribution in [0, 0.1) is 5.92 Å². The average Bonchev–Trinajstić information content (AvgIpc) is 2.63. The molecule has 0 aliphatic carbocycles. The average molecular weight is 304 g/mol. The summed E-state index contributed by atoms with van der Waals surface area (Å²) in [7, 11) is 1.98. The molecule has 2 heterocycles. The molecule has 118 valence electrons. The number of rotatable bonds is 4. The first-order chi connectivity index (χ1) is 10.6. The third-order valence-electron chi connectivity index (χ3n) is 4.58. The van der Waals surface area contributed by atoms with Crippen molar-refractivity contribution in [1.29, 1.82) is 0 Å². The maximum Gasteiger partial charge on any atom is 0.309 e. The lowest BCUT2D eigenvalue weighted by Gasteiger charge is -2.30. The summed E-state index contributed by atoms with van der Waals surface area (Å²) in [5, 5.41) is 0. The van der Waals surface area contributed by atoms with E-state index in [9.17, 15) is 4.79 Å². The Kier molecular flexibility index (Phi) is 4.52. The fourth-order valence-electron chi connectivity index (χ4n) is 3.32.